The van der Waals surface area contributed by atoms with Crippen molar-refractivity contribution in [3.63, 3.8) is 0 Å². The summed E-state index contributed by atoms with van der Waals surface area (Å²) in [6, 6.07) is 12.7. The predicted molar refractivity (Wildman–Crippen MR) is 66.6 cm³/mol. The van der Waals surface area contributed by atoms with Crippen LogP contribution >= 0.6 is 0 Å². The summed E-state index contributed by atoms with van der Waals surface area (Å²) in [5.41, 5.74) is 2.88. The molecule has 1 aromatic carbocycles. The van der Waals surface area contributed by atoms with Gasteiger partial charge in [0, 0.05) is 11.4 Å². The number of carbonyl (C=O) groups excluding carboxylic acids is 1. The van der Waals surface area contributed by atoms with E-state index in [1.807, 2.05) is 17.6 Å². The summed E-state index contributed by atoms with van der Waals surface area (Å²) in [5, 5.41) is 9.03. The highest BCUT2D eigenvalue weighted by atomic mass is 16.5. The average Bonchev–Trinajstić information content (AvgIpc) is 2.79. The smallest absolute Gasteiger partial charge is 0.337 e. The maximum absolute atomic E-state index is 11.3. The standard InChI is InChI=1S/C14H12N2O2/c1-10-3-6-13(9-15)16(10)12-7-4-11(5-8-12)14(17)18-2/h3-8H,1-2H3. The molecule has 0 fully saturated rings. The zero-order chi connectivity index (χ0) is 13.1. The van der Waals surface area contributed by atoms with Crippen molar-refractivity contribution in [3.8, 4) is 11.8 Å². The molecule has 1 aromatic heterocycles. The molecule has 0 radical (unpaired) electrons. The van der Waals surface area contributed by atoms with Crippen molar-refractivity contribution < 1.29 is 9.53 Å². The van der Waals surface area contributed by atoms with E-state index in [-0.39, 0.29) is 5.97 Å². The molecule has 0 saturated carbocycles. The largest absolute Gasteiger partial charge is 0.465 e. The van der Waals surface area contributed by atoms with Gasteiger partial charge in [0.15, 0.2) is 0 Å². The second kappa shape index (κ2) is 4.76. The topological polar surface area (TPSA) is 55.0 Å². The van der Waals surface area contributed by atoms with Crippen LogP contribution in [0.5, 0.6) is 0 Å². The van der Waals surface area contributed by atoms with Crippen molar-refractivity contribution in [2.75, 3.05) is 7.11 Å². The van der Waals surface area contributed by atoms with E-state index < -0.39 is 0 Å². The lowest BCUT2D eigenvalue weighted by Gasteiger charge is -2.08. The molecule has 0 N–H and O–H groups in total. The minimum absolute atomic E-state index is 0.369. The third kappa shape index (κ3) is 1.98. The van der Waals surface area contributed by atoms with E-state index in [1.54, 1.807) is 30.3 Å². The number of aromatic nitrogens is 1. The van der Waals surface area contributed by atoms with Gasteiger partial charge in [-0.15, -0.1) is 0 Å². The second-order valence-electron chi connectivity index (χ2n) is 3.85. The molecular weight excluding hydrogens is 228 g/mol. The molecule has 2 aromatic rings. The van der Waals surface area contributed by atoms with Gasteiger partial charge in [-0.05, 0) is 43.3 Å². The minimum atomic E-state index is -0.369. The van der Waals surface area contributed by atoms with Gasteiger partial charge in [-0.1, -0.05) is 0 Å². The number of rotatable bonds is 2. The number of ether oxygens (including phenoxy) is 1. The molecule has 0 aliphatic heterocycles. The molecule has 90 valence electrons. The average molecular weight is 240 g/mol. The van der Waals surface area contributed by atoms with Gasteiger partial charge in [-0.2, -0.15) is 5.26 Å². The summed E-state index contributed by atoms with van der Waals surface area (Å²) < 4.78 is 6.47. The summed E-state index contributed by atoms with van der Waals surface area (Å²) in [6.45, 7) is 1.93. The highest BCUT2D eigenvalue weighted by Gasteiger charge is 2.08. The highest BCUT2D eigenvalue weighted by molar-refractivity contribution is 5.89. The Labute approximate surface area is 105 Å². The van der Waals surface area contributed by atoms with Crippen LogP contribution in [0.3, 0.4) is 0 Å². The van der Waals surface area contributed by atoms with Gasteiger partial charge >= 0.3 is 5.97 Å². The molecule has 18 heavy (non-hydrogen) atoms. The molecule has 0 unspecified atom stereocenters. The van der Waals surface area contributed by atoms with E-state index in [2.05, 4.69) is 10.8 Å². The molecule has 4 nitrogen and oxygen atoms in total. The lowest BCUT2D eigenvalue weighted by Crippen LogP contribution is -2.03. The maximum atomic E-state index is 11.3. The molecule has 1 heterocycles. The zero-order valence-electron chi connectivity index (χ0n) is 10.2. The van der Waals surface area contributed by atoms with E-state index in [0.717, 1.165) is 11.4 Å². The molecule has 4 heteroatoms. The summed E-state index contributed by atoms with van der Waals surface area (Å²) in [6.07, 6.45) is 0. The molecule has 0 aliphatic rings. The summed E-state index contributed by atoms with van der Waals surface area (Å²) in [4.78, 5) is 11.3. The first-order chi connectivity index (χ1) is 8.67. The first-order valence-corrected chi connectivity index (χ1v) is 5.44. The van der Waals surface area contributed by atoms with Gasteiger partial charge < -0.3 is 9.30 Å². The van der Waals surface area contributed by atoms with Crippen molar-refractivity contribution in [1.29, 1.82) is 5.26 Å². The maximum Gasteiger partial charge on any atom is 0.337 e. The number of carbonyl (C=O) groups is 1. The van der Waals surface area contributed by atoms with E-state index in [9.17, 15) is 4.79 Å². The number of nitriles is 1. The SMILES string of the molecule is COC(=O)c1ccc(-n2c(C)ccc2C#N)cc1. The summed E-state index contributed by atoms with van der Waals surface area (Å²) >= 11 is 0. The second-order valence-corrected chi connectivity index (χ2v) is 3.85. The van der Waals surface area contributed by atoms with Crippen LogP contribution < -0.4 is 0 Å². The monoisotopic (exact) mass is 240 g/mol. The molecule has 2 rings (SSSR count). The van der Waals surface area contributed by atoms with Crippen LogP contribution in [-0.4, -0.2) is 17.6 Å². The van der Waals surface area contributed by atoms with Crippen molar-refractivity contribution in [2.24, 2.45) is 0 Å². The van der Waals surface area contributed by atoms with Gasteiger partial charge in [-0.25, -0.2) is 4.79 Å². The fourth-order valence-electron chi connectivity index (χ4n) is 1.83. The van der Waals surface area contributed by atoms with E-state index in [0.29, 0.717) is 11.3 Å². The molecular formula is C14H12N2O2. The van der Waals surface area contributed by atoms with Crippen LogP contribution in [0.1, 0.15) is 21.7 Å². The number of methoxy groups -OCH3 is 1. The fourth-order valence-corrected chi connectivity index (χ4v) is 1.83. The van der Waals surface area contributed by atoms with E-state index >= 15 is 0 Å². The number of aryl methyl sites for hydroxylation is 1. The fraction of sp³-hybridized carbons (Fsp3) is 0.143. The van der Waals surface area contributed by atoms with Gasteiger partial charge in [0.25, 0.3) is 0 Å². The third-order valence-electron chi connectivity index (χ3n) is 2.74. The lowest BCUT2D eigenvalue weighted by atomic mass is 10.2. The summed E-state index contributed by atoms with van der Waals surface area (Å²) in [7, 11) is 1.35. The normalized spacial score (nSPS) is 9.83. The highest BCUT2D eigenvalue weighted by Crippen LogP contribution is 2.17. The molecule has 0 aliphatic carbocycles. The predicted octanol–water partition coefficient (Wildman–Crippen LogP) is 2.44. The van der Waals surface area contributed by atoms with Crippen molar-refractivity contribution in [2.45, 2.75) is 6.92 Å². The van der Waals surface area contributed by atoms with Crippen LogP contribution in [0, 0.1) is 18.3 Å². The number of hydrogen-bond donors (Lipinski definition) is 0. The van der Waals surface area contributed by atoms with Gasteiger partial charge in [0.1, 0.15) is 11.8 Å². The summed E-state index contributed by atoms with van der Waals surface area (Å²) in [5.74, 6) is -0.369. The quantitative estimate of drug-likeness (QED) is 0.757. The molecule has 0 saturated heterocycles. The minimum Gasteiger partial charge on any atom is -0.465 e. The Morgan fingerprint density at radius 3 is 2.44 bits per heavy atom. The molecule has 0 atom stereocenters. The number of esters is 1. The van der Waals surface area contributed by atoms with Gasteiger partial charge in [0.2, 0.25) is 0 Å². The van der Waals surface area contributed by atoms with Gasteiger partial charge in [0.05, 0.1) is 12.7 Å². The van der Waals surface area contributed by atoms with E-state index in [1.165, 1.54) is 7.11 Å². The Morgan fingerprint density at radius 2 is 1.89 bits per heavy atom. The molecule has 0 amide bonds. The first-order valence-electron chi connectivity index (χ1n) is 5.44. The number of benzene rings is 1. The van der Waals surface area contributed by atoms with Crippen molar-refractivity contribution in [1.82, 2.24) is 4.57 Å². The van der Waals surface area contributed by atoms with E-state index in [4.69, 9.17) is 5.26 Å². The Hall–Kier alpha value is -2.54. The Kier molecular flexibility index (Phi) is 3.16. The molecule has 0 spiro atoms. The van der Waals surface area contributed by atoms with Crippen LogP contribution in [0.25, 0.3) is 5.69 Å². The van der Waals surface area contributed by atoms with Crippen molar-refractivity contribution in [3.05, 3.63) is 53.3 Å². The number of nitrogens with zero attached hydrogens (tertiary/aromatic N) is 2. The van der Waals surface area contributed by atoms with Gasteiger partial charge in [-0.3, -0.25) is 0 Å². The van der Waals surface area contributed by atoms with Crippen LogP contribution in [0.15, 0.2) is 36.4 Å². The Balaban J connectivity index is 2.44. The Bertz CT molecular complexity index is 618. The molecule has 0 bridgehead atoms. The van der Waals surface area contributed by atoms with Crippen LogP contribution in [0.4, 0.5) is 0 Å². The Morgan fingerprint density at radius 1 is 1.22 bits per heavy atom. The lowest BCUT2D eigenvalue weighted by molar-refractivity contribution is 0.0601. The number of hydrogen-bond acceptors (Lipinski definition) is 3. The first kappa shape index (κ1) is 11.9. The van der Waals surface area contributed by atoms with Crippen molar-refractivity contribution >= 4 is 5.97 Å². The zero-order valence-corrected chi connectivity index (χ0v) is 10.2. The third-order valence-corrected chi connectivity index (χ3v) is 2.74. The van der Waals surface area contributed by atoms with Crippen LogP contribution in [-0.2, 0) is 4.74 Å². The van der Waals surface area contributed by atoms with Crippen LogP contribution in [0.2, 0.25) is 0 Å².